The van der Waals surface area contributed by atoms with Gasteiger partial charge in [-0.2, -0.15) is 0 Å². The number of carbonyl (C=O) groups is 1. The minimum absolute atomic E-state index is 0.0365. The van der Waals surface area contributed by atoms with Crippen LogP contribution in [0.15, 0.2) is 11.3 Å². The number of rotatable bonds is 1. The molecule has 2 nitrogen and oxygen atoms in total. The van der Waals surface area contributed by atoms with Crippen LogP contribution in [-0.4, -0.2) is 20.1 Å². The number of ether oxygens (including phenoxy) is 1. The van der Waals surface area contributed by atoms with Gasteiger partial charge in [-0.15, -0.1) is 0 Å². The molecule has 1 aliphatic carbocycles. The topological polar surface area (TPSA) is 26.3 Å². The van der Waals surface area contributed by atoms with Gasteiger partial charge < -0.3 is 4.74 Å². The van der Waals surface area contributed by atoms with Crippen LogP contribution in [0.3, 0.4) is 0 Å². The molecule has 0 bridgehead atoms. The molecule has 90 valence electrons. The van der Waals surface area contributed by atoms with Crippen LogP contribution in [0, 0.1) is 5.92 Å². The van der Waals surface area contributed by atoms with Crippen LogP contribution in [0.4, 0.5) is 0 Å². The average Bonchev–Trinajstić information content (AvgIpc) is 2.17. The molecule has 2 unspecified atom stereocenters. The first-order valence-corrected chi connectivity index (χ1v) is 9.96. The number of fused-ring (bicyclic) bond motifs is 1. The summed E-state index contributed by atoms with van der Waals surface area (Å²) in [5.41, 5.74) is 3.18. The van der Waals surface area contributed by atoms with Crippen LogP contribution in [0.5, 0.6) is 0 Å². The molecular formula is C13H22O2Si. The molecule has 2 aliphatic rings. The molecule has 16 heavy (non-hydrogen) atoms. The summed E-state index contributed by atoms with van der Waals surface area (Å²) < 4.78 is 5.56. The molecule has 1 heterocycles. The molecule has 1 saturated carbocycles. The van der Waals surface area contributed by atoms with E-state index in [9.17, 15) is 4.79 Å². The highest BCUT2D eigenvalue weighted by Crippen LogP contribution is 2.36. The van der Waals surface area contributed by atoms with Crippen molar-refractivity contribution in [1.82, 2.24) is 0 Å². The van der Waals surface area contributed by atoms with Gasteiger partial charge in [0.25, 0.3) is 0 Å². The van der Waals surface area contributed by atoms with Crippen molar-refractivity contribution in [2.24, 2.45) is 5.92 Å². The van der Waals surface area contributed by atoms with Crippen molar-refractivity contribution in [3.05, 3.63) is 11.3 Å². The maximum atomic E-state index is 11.9. The molecule has 0 amide bonds. The molecule has 1 saturated heterocycles. The van der Waals surface area contributed by atoms with E-state index in [1.54, 1.807) is 0 Å². The van der Waals surface area contributed by atoms with Gasteiger partial charge in [0.1, 0.15) is 6.10 Å². The van der Waals surface area contributed by atoms with E-state index in [1.807, 2.05) is 0 Å². The summed E-state index contributed by atoms with van der Waals surface area (Å²) in [5, 5.41) is 0. The smallest absolute Gasteiger partial charge is 0.333 e. The van der Waals surface area contributed by atoms with Gasteiger partial charge in [-0.3, -0.25) is 0 Å². The van der Waals surface area contributed by atoms with Crippen LogP contribution < -0.4 is 0 Å². The Morgan fingerprint density at radius 1 is 1.25 bits per heavy atom. The second-order valence-corrected chi connectivity index (χ2v) is 11.2. The Morgan fingerprint density at radius 2 is 1.94 bits per heavy atom. The number of carbonyl (C=O) groups excluding carboxylic acids is 1. The monoisotopic (exact) mass is 238 g/mol. The maximum absolute atomic E-state index is 11.9. The van der Waals surface area contributed by atoms with E-state index >= 15 is 0 Å². The summed E-state index contributed by atoms with van der Waals surface area (Å²) in [5.74, 6) is 0.569. The van der Waals surface area contributed by atoms with Crippen LogP contribution >= 0.6 is 0 Å². The van der Waals surface area contributed by atoms with Crippen molar-refractivity contribution >= 4 is 14.0 Å². The van der Waals surface area contributed by atoms with Gasteiger partial charge in [0.2, 0.25) is 0 Å². The zero-order valence-electron chi connectivity index (χ0n) is 10.6. The van der Waals surface area contributed by atoms with E-state index in [1.165, 1.54) is 19.3 Å². The third-order valence-corrected chi connectivity index (χ3v) is 4.66. The van der Waals surface area contributed by atoms with Crippen molar-refractivity contribution in [3.8, 4) is 0 Å². The molecule has 2 rings (SSSR count). The summed E-state index contributed by atoms with van der Waals surface area (Å²) in [6.07, 6.45) is 6.03. The van der Waals surface area contributed by atoms with Crippen molar-refractivity contribution in [3.63, 3.8) is 0 Å². The molecule has 0 radical (unpaired) electrons. The first kappa shape index (κ1) is 11.9. The summed E-state index contributed by atoms with van der Waals surface area (Å²) in [6, 6.07) is 0. The zero-order chi connectivity index (χ0) is 11.8. The van der Waals surface area contributed by atoms with Gasteiger partial charge in [0, 0.05) is 11.5 Å². The van der Waals surface area contributed by atoms with Crippen LogP contribution in [0.25, 0.3) is 0 Å². The fourth-order valence-corrected chi connectivity index (χ4v) is 4.06. The van der Waals surface area contributed by atoms with Crippen molar-refractivity contribution in [2.45, 2.75) is 57.8 Å². The lowest BCUT2D eigenvalue weighted by molar-refractivity contribution is -0.153. The van der Waals surface area contributed by atoms with Gasteiger partial charge in [-0.25, -0.2) is 4.79 Å². The molecule has 0 aromatic carbocycles. The van der Waals surface area contributed by atoms with Crippen LogP contribution in [-0.2, 0) is 9.53 Å². The highest BCUT2D eigenvalue weighted by molar-refractivity contribution is 6.81. The molecule has 2 atom stereocenters. The van der Waals surface area contributed by atoms with Gasteiger partial charge in [0.05, 0.1) is 8.07 Å². The quantitative estimate of drug-likeness (QED) is 0.398. The van der Waals surface area contributed by atoms with Gasteiger partial charge in [-0.1, -0.05) is 31.8 Å². The number of hydrogen-bond acceptors (Lipinski definition) is 2. The predicted octanol–water partition coefficient (Wildman–Crippen LogP) is 3.30. The largest absolute Gasteiger partial charge is 0.459 e. The third-order valence-electron chi connectivity index (χ3n) is 3.45. The van der Waals surface area contributed by atoms with E-state index in [0.717, 1.165) is 18.4 Å². The Bertz CT molecular complexity index is 314. The molecule has 3 heteroatoms. The van der Waals surface area contributed by atoms with Gasteiger partial charge >= 0.3 is 5.97 Å². The molecule has 0 aromatic heterocycles. The van der Waals surface area contributed by atoms with Crippen LogP contribution in [0.2, 0.25) is 19.6 Å². The minimum Gasteiger partial charge on any atom is -0.459 e. The number of hydrogen-bond donors (Lipinski definition) is 0. The molecule has 2 fully saturated rings. The zero-order valence-corrected chi connectivity index (χ0v) is 11.6. The van der Waals surface area contributed by atoms with Gasteiger partial charge in [0.15, 0.2) is 0 Å². The summed E-state index contributed by atoms with van der Waals surface area (Å²) >= 11 is 0. The van der Waals surface area contributed by atoms with Gasteiger partial charge in [-0.05, 0) is 25.7 Å². The summed E-state index contributed by atoms with van der Waals surface area (Å²) in [6.45, 7) is 6.79. The molecule has 0 spiro atoms. The first-order valence-electron chi connectivity index (χ1n) is 6.38. The first-order chi connectivity index (χ1) is 7.46. The Morgan fingerprint density at radius 3 is 2.62 bits per heavy atom. The van der Waals surface area contributed by atoms with E-state index in [2.05, 4.69) is 25.3 Å². The fourth-order valence-electron chi connectivity index (χ4n) is 2.78. The normalized spacial score (nSPS) is 33.4. The average molecular weight is 238 g/mol. The van der Waals surface area contributed by atoms with E-state index in [-0.39, 0.29) is 12.1 Å². The lowest BCUT2D eigenvalue weighted by atomic mass is 9.81. The second kappa shape index (κ2) is 4.36. The van der Waals surface area contributed by atoms with Crippen LogP contribution in [0.1, 0.15) is 32.1 Å². The fraction of sp³-hybridized carbons (Fsp3) is 0.769. The van der Waals surface area contributed by atoms with E-state index in [4.69, 9.17) is 4.74 Å². The standard InChI is InChI=1S/C13H22O2Si/c1-16(2,3)9-11-8-10-6-4-5-7-12(10)15-13(11)14/h9-10,12H,4-8H2,1-3H3/b11-9+. The Balaban J connectivity index is 2.12. The predicted molar refractivity (Wildman–Crippen MR) is 67.9 cm³/mol. The minimum atomic E-state index is -1.31. The molecule has 0 N–H and O–H groups in total. The maximum Gasteiger partial charge on any atom is 0.333 e. The number of esters is 1. The van der Waals surface area contributed by atoms with Crippen molar-refractivity contribution < 1.29 is 9.53 Å². The summed E-state index contributed by atoms with van der Waals surface area (Å²) in [4.78, 5) is 11.9. The van der Waals surface area contributed by atoms with Crippen molar-refractivity contribution in [1.29, 1.82) is 0 Å². The molecule has 1 aliphatic heterocycles. The molecular weight excluding hydrogens is 216 g/mol. The summed E-state index contributed by atoms with van der Waals surface area (Å²) in [7, 11) is -1.31. The Kier molecular flexibility index (Phi) is 3.24. The molecule has 0 aromatic rings. The Hall–Kier alpha value is -0.573. The lowest BCUT2D eigenvalue weighted by Crippen LogP contribution is -2.37. The van der Waals surface area contributed by atoms with E-state index < -0.39 is 8.07 Å². The highest BCUT2D eigenvalue weighted by Gasteiger charge is 2.35. The van der Waals surface area contributed by atoms with Crippen molar-refractivity contribution in [2.75, 3.05) is 0 Å². The Labute approximate surface area is 99.1 Å². The SMILES string of the molecule is C[Si](C)(C)/C=C1\CC2CCCCC2OC1=O. The third kappa shape index (κ3) is 2.76. The second-order valence-electron chi connectivity index (χ2n) is 6.23. The highest BCUT2D eigenvalue weighted by atomic mass is 28.3. The van der Waals surface area contributed by atoms with E-state index in [0.29, 0.717) is 5.92 Å². The lowest BCUT2D eigenvalue weighted by Gasteiger charge is -2.36.